The number of anilines is 2. The summed E-state index contributed by atoms with van der Waals surface area (Å²) in [6.07, 6.45) is 0. The van der Waals surface area contributed by atoms with Gasteiger partial charge in [-0.1, -0.05) is 12.1 Å². The van der Waals surface area contributed by atoms with Crippen molar-refractivity contribution in [1.29, 1.82) is 0 Å². The van der Waals surface area contributed by atoms with Crippen molar-refractivity contribution in [2.75, 3.05) is 11.1 Å². The molecule has 16 heavy (non-hydrogen) atoms. The van der Waals surface area contributed by atoms with Crippen LogP contribution >= 0.6 is 11.5 Å². The topological polar surface area (TPSA) is 50.9 Å². The SMILES string of the molecule is CC(Nc1cc(N)ns1)c1cccc(F)c1. The molecule has 0 spiro atoms. The number of nitrogens with two attached hydrogens (primary N) is 1. The molecule has 3 nitrogen and oxygen atoms in total. The van der Waals surface area contributed by atoms with Gasteiger partial charge in [0.15, 0.2) is 0 Å². The highest BCUT2D eigenvalue weighted by Gasteiger charge is 2.07. The van der Waals surface area contributed by atoms with Crippen LogP contribution in [0, 0.1) is 5.82 Å². The van der Waals surface area contributed by atoms with Crippen LogP contribution in [-0.2, 0) is 0 Å². The third-order valence-corrected chi connectivity index (χ3v) is 2.97. The molecule has 0 amide bonds. The predicted molar refractivity (Wildman–Crippen MR) is 65.0 cm³/mol. The van der Waals surface area contributed by atoms with Crippen LogP contribution in [0.2, 0.25) is 0 Å². The molecule has 2 aromatic rings. The summed E-state index contributed by atoms with van der Waals surface area (Å²) in [5.74, 6) is 0.272. The summed E-state index contributed by atoms with van der Waals surface area (Å²) in [7, 11) is 0. The van der Waals surface area contributed by atoms with Gasteiger partial charge in [-0.2, -0.15) is 4.37 Å². The minimum atomic E-state index is -0.227. The van der Waals surface area contributed by atoms with Crippen molar-refractivity contribution in [3.8, 4) is 0 Å². The highest BCUT2D eigenvalue weighted by Crippen LogP contribution is 2.24. The smallest absolute Gasteiger partial charge is 0.139 e. The highest BCUT2D eigenvalue weighted by molar-refractivity contribution is 7.10. The van der Waals surface area contributed by atoms with Crippen molar-refractivity contribution >= 4 is 22.4 Å². The van der Waals surface area contributed by atoms with E-state index in [9.17, 15) is 4.39 Å². The van der Waals surface area contributed by atoms with E-state index in [1.54, 1.807) is 12.1 Å². The minimum Gasteiger partial charge on any atom is -0.383 e. The Morgan fingerprint density at radius 3 is 2.88 bits per heavy atom. The van der Waals surface area contributed by atoms with Gasteiger partial charge >= 0.3 is 0 Å². The standard InChI is InChI=1S/C11H12FN3S/c1-7(8-3-2-4-9(12)5-8)14-11-6-10(13)15-16-11/h2-7,14H,1H3,(H2,13,15). The second-order valence-electron chi connectivity index (χ2n) is 3.54. The molecule has 0 saturated heterocycles. The van der Waals surface area contributed by atoms with Crippen LogP contribution in [0.15, 0.2) is 30.3 Å². The number of halogens is 1. The van der Waals surface area contributed by atoms with Crippen molar-refractivity contribution in [3.63, 3.8) is 0 Å². The van der Waals surface area contributed by atoms with Gasteiger partial charge in [-0.25, -0.2) is 4.39 Å². The molecular weight excluding hydrogens is 225 g/mol. The molecule has 5 heteroatoms. The van der Waals surface area contributed by atoms with E-state index >= 15 is 0 Å². The summed E-state index contributed by atoms with van der Waals surface area (Å²) in [4.78, 5) is 0. The van der Waals surface area contributed by atoms with E-state index in [0.29, 0.717) is 5.82 Å². The van der Waals surface area contributed by atoms with E-state index in [2.05, 4.69) is 9.69 Å². The van der Waals surface area contributed by atoms with E-state index in [-0.39, 0.29) is 11.9 Å². The molecule has 0 fully saturated rings. The zero-order valence-corrected chi connectivity index (χ0v) is 9.59. The summed E-state index contributed by atoms with van der Waals surface area (Å²) in [5, 5.41) is 4.10. The number of hydrogen-bond donors (Lipinski definition) is 2. The number of aromatic nitrogens is 1. The largest absolute Gasteiger partial charge is 0.383 e. The normalized spacial score (nSPS) is 12.4. The van der Waals surface area contributed by atoms with Crippen molar-refractivity contribution in [2.45, 2.75) is 13.0 Å². The molecule has 1 heterocycles. The lowest BCUT2D eigenvalue weighted by Crippen LogP contribution is -2.05. The van der Waals surface area contributed by atoms with E-state index in [0.717, 1.165) is 10.6 Å². The maximum absolute atomic E-state index is 13.0. The first-order valence-electron chi connectivity index (χ1n) is 4.89. The Labute approximate surface area is 97.3 Å². The fraction of sp³-hybridized carbons (Fsp3) is 0.182. The van der Waals surface area contributed by atoms with Crippen molar-refractivity contribution in [2.24, 2.45) is 0 Å². The zero-order chi connectivity index (χ0) is 11.5. The fourth-order valence-corrected chi connectivity index (χ4v) is 2.09. The molecule has 84 valence electrons. The van der Waals surface area contributed by atoms with Gasteiger partial charge in [-0.05, 0) is 36.2 Å². The molecule has 1 aromatic carbocycles. The van der Waals surface area contributed by atoms with E-state index in [1.807, 2.05) is 13.0 Å². The second-order valence-corrected chi connectivity index (χ2v) is 4.34. The van der Waals surface area contributed by atoms with Gasteiger partial charge in [-0.15, -0.1) is 0 Å². The quantitative estimate of drug-likeness (QED) is 0.862. The van der Waals surface area contributed by atoms with Gasteiger partial charge in [-0.3, -0.25) is 0 Å². The van der Waals surface area contributed by atoms with E-state index in [1.165, 1.54) is 23.7 Å². The van der Waals surface area contributed by atoms with Crippen LogP contribution in [-0.4, -0.2) is 4.37 Å². The average Bonchev–Trinajstić information content (AvgIpc) is 2.64. The number of benzene rings is 1. The average molecular weight is 237 g/mol. The molecule has 1 aromatic heterocycles. The van der Waals surface area contributed by atoms with Crippen molar-refractivity contribution < 1.29 is 4.39 Å². The van der Waals surface area contributed by atoms with E-state index in [4.69, 9.17) is 5.73 Å². The number of rotatable bonds is 3. The summed E-state index contributed by atoms with van der Waals surface area (Å²) >= 11 is 1.30. The van der Waals surface area contributed by atoms with E-state index < -0.39 is 0 Å². The Kier molecular flexibility index (Phi) is 3.05. The molecule has 0 radical (unpaired) electrons. The van der Waals surface area contributed by atoms with Gasteiger partial charge in [0.25, 0.3) is 0 Å². The van der Waals surface area contributed by atoms with Gasteiger partial charge in [0, 0.05) is 12.1 Å². The maximum Gasteiger partial charge on any atom is 0.139 e. The molecule has 0 aliphatic heterocycles. The lowest BCUT2D eigenvalue weighted by atomic mass is 10.1. The molecule has 0 aliphatic rings. The molecule has 3 N–H and O–H groups in total. The predicted octanol–water partition coefficient (Wildman–Crippen LogP) is 3.04. The third kappa shape index (κ3) is 2.49. The highest BCUT2D eigenvalue weighted by atomic mass is 32.1. The first-order chi connectivity index (χ1) is 7.65. The van der Waals surface area contributed by atoms with Crippen LogP contribution in [0.5, 0.6) is 0 Å². The van der Waals surface area contributed by atoms with Crippen LogP contribution in [0.25, 0.3) is 0 Å². The van der Waals surface area contributed by atoms with Gasteiger partial charge in [0.1, 0.15) is 16.6 Å². The van der Waals surface area contributed by atoms with Crippen LogP contribution in [0.1, 0.15) is 18.5 Å². The molecule has 1 atom stereocenters. The van der Waals surface area contributed by atoms with Crippen LogP contribution in [0.3, 0.4) is 0 Å². The molecule has 2 rings (SSSR count). The summed E-state index contributed by atoms with van der Waals surface area (Å²) in [6.45, 7) is 1.96. The van der Waals surface area contributed by atoms with Gasteiger partial charge in [0.2, 0.25) is 0 Å². The zero-order valence-electron chi connectivity index (χ0n) is 8.77. The van der Waals surface area contributed by atoms with Crippen LogP contribution < -0.4 is 11.1 Å². The number of nitrogens with zero attached hydrogens (tertiary/aromatic N) is 1. The lowest BCUT2D eigenvalue weighted by Gasteiger charge is -2.13. The Bertz CT molecular complexity index is 484. The fourth-order valence-electron chi connectivity index (χ4n) is 1.43. The maximum atomic E-state index is 13.0. The Hall–Kier alpha value is -1.62. The lowest BCUT2D eigenvalue weighted by molar-refractivity contribution is 0.624. The molecule has 0 bridgehead atoms. The van der Waals surface area contributed by atoms with Crippen LogP contribution in [0.4, 0.5) is 15.2 Å². The minimum absolute atomic E-state index is 0.0237. The molecular formula is C11H12FN3S. The number of nitrogens with one attached hydrogen (secondary N) is 1. The molecule has 1 unspecified atom stereocenters. The molecule has 0 saturated carbocycles. The Morgan fingerprint density at radius 1 is 1.44 bits per heavy atom. The molecule has 0 aliphatic carbocycles. The second kappa shape index (κ2) is 4.49. The van der Waals surface area contributed by atoms with Crippen molar-refractivity contribution in [3.05, 3.63) is 41.7 Å². The number of nitrogen functional groups attached to an aromatic ring is 1. The first kappa shape index (κ1) is 10.9. The summed E-state index contributed by atoms with van der Waals surface area (Å²) in [5.41, 5.74) is 6.41. The monoisotopic (exact) mass is 237 g/mol. The third-order valence-electron chi connectivity index (χ3n) is 2.24. The van der Waals surface area contributed by atoms with Crippen molar-refractivity contribution in [1.82, 2.24) is 4.37 Å². The van der Waals surface area contributed by atoms with Gasteiger partial charge in [0.05, 0.1) is 0 Å². The van der Waals surface area contributed by atoms with Gasteiger partial charge < -0.3 is 11.1 Å². The number of hydrogen-bond acceptors (Lipinski definition) is 4. The Morgan fingerprint density at radius 2 is 2.25 bits per heavy atom. The summed E-state index contributed by atoms with van der Waals surface area (Å²) < 4.78 is 17.0. The first-order valence-corrected chi connectivity index (χ1v) is 5.66. The summed E-state index contributed by atoms with van der Waals surface area (Å²) in [6, 6.07) is 8.31. The Balaban J connectivity index is 2.11.